The van der Waals surface area contributed by atoms with Gasteiger partial charge in [-0.25, -0.2) is 13.4 Å². The molecule has 3 aromatic rings. The van der Waals surface area contributed by atoms with E-state index in [1.165, 1.54) is 4.31 Å². The number of rotatable bonds is 5. The highest BCUT2D eigenvalue weighted by molar-refractivity contribution is 7.91. The van der Waals surface area contributed by atoms with Gasteiger partial charge in [0.1, 0.15) is 9.96 Å². The SMILES string of the molecule is COc1ccc2nc(N3CCN(C(=O)C4CCN(S(=O)(=O)c5ccc(Cl)s5)CC4)CC3)sc2c1. The number of benzene rings is 1. The van der Waals surface area contributed by atoms with Gasteiger partial charge in [-0.15, -0.1) is 11.3 Å². The number of hydrogen-bond acceptors (Lipinski definition) is 8. The molecule has 4 heterocycles. The number of thiazole rings is 1. The lowest BCUT2D eigenvalue weighted by molar-refractivity contribution is -0.137. The third kappa shape index (κ3) is 4.64. The van der Waals surface area contributed by atoms with E-state index in [9.17, 15) is 13.2 Å². The number of aromatic nitrogens is 1. The van der Waals surface area contributed by atoms with Crippen molar-refractivity contribution in [3.63, 3.8) is 0 Å². The summed E-state index contributed by atoms with van der Waals surface area (Å²) in [6, 6.07) is 9.01. The van der Waals surface area contributed by atoms with E-state index in [0.717, 1.165) is 45.5 Å². The van der Waals surface area contributed by atoms with Gasteiger partial charge < -0.3 is 14.5 Å². The quantitative estimate of drug-likeness (QED) is 0.490. The number of ether oxygens (including phenoxy) is 1. The molecule has 2 aliphatic rings. The number of amides is 1. The highest BCUT2D eigenvalue weighted by atomic mass is 35.5. The van der Waals surface area contributed by atoms with Crippen molar-refractivity contribution in [3.8, 4) is 5.75 Å². The average Bonchev–Trinajstić information content (AvgIpc) is 3.50. The molecule has 0 spiro atoms. The van der Waals surface area contributed by atoms with Crippen molar-refractivity contribution in [1.29, 1.82) is 0 Å². The third-order valence-corrected chi connectivity index (χ3v) is 11.1. The molecule has 2 aromatic heterocycles. The predicted molar refractivity (Wildman–Crippen MR) is 136 cm³/mol. The summed E-state index contributed by atoms with van der Waals surface area (Å²) >= 11 is 8.61. The maximum Gasteiger partial charge on any atom is 0.252 e. The standard InChI is InChI=1S/C22H25ClN4O4S3/c1-31-16-2-3-17-18(14-16)32-22(24-17)26-12-10-25(11-13-26)21(28)15-6-8-27(9-7-15)34(29,30)20-5-4-19(23)33-20/h2-5,14-15H,6-13H2,1H3. The Morgan fingerprint density at radius 3 is 2.44 bits per heavy atom. The molecule has 0 radical (unpaired) electrons. The molecule has 0 unspecified atom stereocenters. The number of hydrogen-bond donors (Lipinski definition) is 0. The van der Waals surface area contributed by atoms with Crippen LogP contribution < -0.4 is 9.64 Å². The zero-order valence-electron chi connectivity index (χ0n) is 18.6. The van der Waals surface area contributed by atoms with Crippen LogP contribution in [-0.4, -0.2) is 74.9 Å². The van der Waals surface area contributed by atoms with Gasteiger partial charge in [-0.1, -0.05) is 22.9 Å². The van der Waals surface area contributed by atoms with Gasteiger partial charge in [0, 0.05) is 45.2 Å². The second-order valence-electron chi connectivity index (χ2n) is 8.38. The van der Waals surface area contributed by atoms with Crippen LogP contribution in [0.4, 0.5) is 5.13 Å². The predicted octanol–water partition coefficient (Wildman–Crippen LogP) is 3.77. The number of halogens is 1. The van der Waals surface area contributed by atoms with Crippen molar-refractivity contribution in [2.75, 3.05) is 51.3 Å². The molecule has 2 aliphatic heterocycles. The van der Waals surface area contributed by atoms with Gasteiger partial charge in [0.05, 0.1) is 21.7 Å². The Morgan fingerprint density at radius 1 is 1.06 bits per heavy atom. The van der Waals surface area contributed by atoms with Crippen LogP contribution in [0.25, 0.3) is 10.2 Å². The van der Waals surface area contributed by atoms with Crippen LogP contribution in [0.2, 0.25) is 4.34 Å². The minimum atomic E-state index is -3.55. The summed E-state index contributed by atoms with van der Waals surface area (Å²) in [5.74, 6) is 0.806. The Bertz CT molecular complexity index is 1290. The molecule has 2 fully saturated rings. The van der Waals surface area contributed by atoms with Crippen LogP contribution in [0.3, 0.4) is 0 Å². The van der Waals surface area contributed by atoms with E-state index in [1.807, 2.05) is 23.1 Å². The molecule has 34 heavy (non-hydrogen) atoms. The first-order chi connectivity index (χ1) is 16.3. The number of thiophene rings is 1. The van der Waals surface area contributed by atoms with E-state index >= 15 is 0 Å². The van der Waals surface area contributed by atoms with E-state index in [2.05, 4.69) is 4.90 Å². The first-order valence-electron chi connectivity index (χ1n) is 11.1. The normalized spacial score (nSPS) is 18.5. The summed E-state index contributed by atoms with van der Waals surface area (Å²) in [7, 11) is -1.89. The summed E-state index contributed by atoms with van der Waals surface area (Å²) < 4.78 is 34.2. The number of carbonyl (C=O) groups is 1. The van der Waals surface area contributed by atoms with Crippen LogP contribution in [0.15, 0.2) is 34.5 Å². The van der Waals surface area contributed by atoms with E-state index in [4.69, 9.17) is 21.3 Å². The Morgan fingerprint density at radius 2 is 1.79 bits per heavy atom. The molecule has 1 aromatic carbocycles. The second-order valence-corrected chi connectivity index (χ2v) is 13.3. The molecule has 2 saturated heterocycles. The fourth-order valence-corrected chi connectivity index (χ4v) is 8.59. The van der Waals surface area contributed by atoms with Gasteiger partial charge in [-0.05, 0) is 43.2 Å². The highest BCUT2D eigenvalue weighted by Crippen LogP contribution is 2.33. The van der Waals surface area contributed by atoms with Gasteiger partial charge in [0.2, 0.25) is 5.91 Å². The van der Waals surface area contributed by atoms with Crippen LogP contribution in [0, 0.1) is 5.92 Å². The van der Waals surface area contributed by atoms with Crippen molar-refractivity contribution in [3.05, 3.63) is 34.7 Å². The zero-order chi connectivity index (χ0) is 23.9. The average molecular weight is 541 g/mol. The van der Waals surface area contributed by atoms with Crippen molar-refractivity contribution in [2.24, 2.45) is 5.92 Å². The molecule has 0 saturated carbocycles. The number of fused-ring (bicyclic) bond motifs is 1. The summed E-state index contributed by atoms with van der Waals surface area (Å²) in [6.07, 6.45) is 1.08. The summed E-state index contributed by atoms with van der Waals surface area (Å²) in [6.45, 7) is 3.45. The molecule has 8 nitrogen and oxygen atoms in total. The largest absolute Gasteiger partial charge is 0.497 e. The van der Waals surface area contributed by atoms with Gasteiger partial charge in [0.25, 0.3) is 10.0 Å². The van der Waals surface area contributed by atoms with Crippen molar-refractivity contribution in [2.45, 2.75) is 17.1 Å². The Balaban J connectivity index is 1.16. The maximum atomic E-state index is 13.1. The topological polar surface area (TPSA) is 83.1 Å². The molecular formula is C22H25ClN4O4S3. The molecule has 1 amide bonds. The first kappa shape index (κ1) is 23.8. The molecule has 5 rings (SSSR count). The molecule has 0 atom stereocenters. The van der Waals surface area contributed by atoms with Crippen molar-refractivity contribution < 1.29 is 17.9 Å². The van der Waals surface area contributed by atoms with Gasteiger partial charge in [0.15, 0.2) is 5.13 Å². The first-order valence-corrected chi connectivity index (χ1v) is 14.5. The van der Waals surface area contributed by atoms with Gasteiger partial charge >= 0.3 is 0 Å². The lowest BCUT2D eigenvalue weighted by Crippen LogP contribution is -2.52. The molecule has 0 aliphatic carbocycles. The summed E-state index contributed by atoms with van der Waals surface area (Å²) in [5.41, 5.74) is 0.950. The number of methoxy groups -OCH3 is 1. The zero-order valence-corrected chi connectivity index (χ0v) is 21.9. The van der Waals surface area contributed by atoms with Gasteiger partial charge in [-0.3, -0.25) is 4.79 Å². The Labute approximate surface area is 211 Å². The summed E-state index contributed by atoms with van der Waals surface area (Å²) in [5, 5.41) is 0.961. The van der Waals surface area contributed by atoms with E-state index < -0.39 is 10.0 Å². The molecular weight excluding hydrogens is 516 g/mol. The van der Waals surface area contributed by atoms with Crippen LogP contribution >= 0.6 is 34.3 Å². The number of piperazine rings is 1. The van der Waals surface area contributed by atoms with Gasteiger partial charge in [-0.2, -0.15) is 4.31 Å². The molecule has 0 N–H and O–H groups in total. The number of nitrogens with zero attached hydrogens (tertiary/aromatic N) is 4. The van der Waals surface area contributed by atoms with Crippen LogP contribution in [0.5, 0.6) is 5.75 Å². The smallest absolute Gasteiger partial charge is 0.252 e. The minimum Gasteiger partial charge on any atom is -0.497 e. The van der Waals surface area contributed by atoms with Crippen LogP contribution in [0.1, 0.15) is 12.8 Å². The number of carbonyl (C=O) groups excluding carboxylic acids is 1. The van der Waals surface area contributed by atoms with E-state index in [0.29, 0.717) is 43.4 Å². The molecule has 12 heteroatoms. The Kier molecular flexibility index (Phi) is 6.73. The number of piperidine rings is 1. The van der Waals surface area contributed by atoms with Crippen molar-refractivity contribution in [1.82, 2.24) is 14.2 Å². The number of sulfonamides is 1. The second kappa shape index (κ2) is 9.62. The fraction of sp³-hybridized carbons (Fsp3) is 0.455. The lowest BCUT2D eigenvalue weighted by Gasteiger charge is -2.38. The lowest BCUT2D eigenvalue weighted by atomic mass is 9.96. The monoisotopic (exact) mass is 540 g/mol. The third-order valence-electron chi connectivity index (χ3n) is 6.39. The number of anilines is 1. The fourth-order valence-electron chi connectivity index (χ4n) is 4.44. The highest BCUT2D eigenvalue weighted by Gasteiger charge is 2.35. The Hall–Kier alpha value is -1.92. The van der Waals surface area contributed by atoms with E-state index in [-0.39, 0.29) is 16.0 Å². The van der Waals surface area contributed by atoms with Crippen LogP contribution in [-0.2, 0) is 14.8 Å². The van der Waals surface area contributed by atoms with Crippen molar-refractivity contribution >= 4 is 65.6 Å². The summed E-state index contributed by atoms with van der Waals surface area (Å²) in [4.78, 5) is 22.0. The van der Waals surface area contributed by atoms with E-state index in [1.54, 1.807) is 30.6 Å². The molecule has 0 bridgehead atoms. The minimum absolute atomic E-state index is 0.130. The maximum absolute atomic E-state index is 13.1. The molecule has 182 valence electrons.